The Labute approximate surface area is 172 Å². The highest BCUT2D eigenvalue weighted by Gasteiger charge is 2.31. The van der Waals surface area contributed by atoms with Crippen LogP contribution in [0.25, 0.3) is 10.6 Å². The van der Waals surface area contributed by atoms with Crippen LogP contribution in [-0.4, -0.2) is 36.1 Å². The molecule has 1 saturated heterocycles. The number of halogens is 3. The molecule has 2 heterocycles. The highest BCUT2D eigenvalue weighted by Crippen LogP contribution is 2.32. The first-order valence-electron chi connectivity index (χ1n) is 9.54. The molecule has 1 aliphatic heterocycles. The molecule has 29 heavy (non-hydrogen) atoms. The molecule has 4 rings (SSSR count). The average molecular weight is 418 g/mol. The number of alkyl halides is 3. The van der Waals surface area contributed by atoms with E-state index >= 15 is 0 Å². The second kappa shape index (κ2) is 8.16. The van der Waals surface area contributed by atoms with E-state index in [9.17, 15) is 13.2 Å². The van der Waals surface area contributed by atoms with Crippen LogP contribution < -0.4 is 4.90 Å². The van der Waals surface area contributed by atoms with E-state index in [1.807, 2.05) is 11.0 Å². The summed E-state index contributed by atoms with van der Waals surface area (Å²) >= 11 is 1.65. The molecule has 0 bridgehead atoms. The molecule has 152 valence electrons. The number of anilines is 1. The van der Waals surface area contributed by atoms with Crippen LogP contribution in [0.3, 0.4) is 0 Å². The standard InChI is InChI=1S/C22H22F3N3S/c1-16-4-2-5-17(12-16)21-26-19(15-29-21)14-27-8-10-28(11-9-27)20-7-3-6-18(13-20)22(23,24)25/h2-7,12-13,15H,8-11,14H2,1H3. The van der Waals surface area contributed by atoms with Crippen molar-refractivity contribution in [1.82, 2.24) is 9.88 Å². The normalized spacial score (nSPS) is 15.7. The summed E-state index contributed by atoms with van der Waals surface area (Å²) in [4.78, 5) is 9.09. The van der Waals surface area contributed by atoms with Crippen LogP contribution in [0.1, 0.15) is 16.8 Å². The van der Waals surface area contributed by atoms with Crippen molar-refractivity contribution in [1.29, 1.82) is 0 Å². The van der Waals surface area contributed by atoms with Gasteiger partial charge >= 0.3 is 6.18 Å². The smallest absolute Gasteiger partial charge is 0.369 e. The highest BCUT2D eigenvalue weighted by atomic mass is 32.1. The summed E-state index contributed by atoms with van der Waals surface area (Å²) in [5, 5.41) is 3.11. The maximum absolute atomic E-state index is 13.0. The van der Waals surface area contributed by atoms with Crippen LogP contribution in [0.4, 0.5) is 18.9 Å². The van der Waals surface area contributed by atoms with Crippen molar-refractivity contribution >= 4 is 17.0 Å². The largest absolute Gasteiger partial charge is 0.416 e. The molecule has 0 atom stereocenters. The SMILES string of the molecule is Cc1cccc(-c2nc(CN3CCN(c4cccc(C(F)(F)F)c4)CC3)cs2)c1. The van der Waals surface area contributed by atoms with Gasteiger partial charge in [-0.05, 0) is 31.2 Å². The lowest BCUT2D eigenvalue weighted by atomic mass is 10.1. The van der Waals surface area contributed by atoms with E-state index in [0.29, 0.717) is 18.8 Å². The van der Waals surface area contributed by atoms with E-state index in [1.54, 1.807) is 17.4 Å². The molecule has 3 nitrogen and oxygen atoms in total. The number of nitrogens with zero attached hydrogens (tertiary/aromatic N) is 3. The van der Waals surface area contributed by atoms with Crippen molar-refractivity contribution in [3.63, 3.8) is 0 Å². The predicted octanol–water partition coefficient (Wildman–Crippen LogP) is 5.46. The zero-order valence-electron chi connectivity index (χ0n) is 16.1. The van der Waals surface area contributed by atoms with Gasteiger partial charge in [-0.2, -0.15) is 13.2 Å². The third-order valence-electron chi connectivity index (χ3n) is 5.11. The third-order valence-corrected chi connectivity index (χ3v) is 6.05. The Bertz CT molecular complexity index is 975. The summed E-state index contributed by atoms with van der Waals surface area (Å²) in [7, 11) is 0. The minimum atomic E-state index is -4.31. The van der Waals surface area contributed by atoms with Crippen LogP contribution in [0.15, 0.2) is 53.9 Å². The van der Waals surface area contributed by atoms with Crippen LogP contribution in [0, 0.1) is 6.92 Å². The van der Waals surface area contributed by atoms with Gasteiger partial charge in [-0.1, -0.05) is 29.8 Å². The van der Waals surface area contributed by atoms with Crippen molar-refractivity contribution in [2.45, 2.75) is 19.6 Å². The molecule has 0 amide bonds. The molecule has 1 aromatic heterocycles. The van der Waals surface area contributed by atoms with Crippen LogP contribution >= 0.6 is 11.3 Å². The average Bonchev–Trinajstić information content (AvgIpc) is 3.17. The number of aromatic nitrogens is 1. The predicted molar refractivity (Wildman–Crippen MR) is 111 cm³/mol. The van der Waals surface area contributed by atoms with Crippen molar-refractivity contribution in [3.8, 4) is 10.6 Å². The lowest BCUT2D eigenvalue weighted by Crippen LogP contribution is -2.46. The van der Waals surface area contributed by atoms with E-state index in [1.165, 1.54) is 17.7 Å². The number of aryl methyl sites for hydroxylation is 1. The van der Waals surface area contributed by atoms with E-state index in [2.05, 4.69) is 35.4 Å². The fourth-order valence-corrected chi connectivity index (χ4v) is 4.37. The van der Waals surface area contributed by atoms with Crippen molar-refractivity contribution in [2.24, 2.45) is 0 Å². The number of rotatable bonds is 4. The van der Waals surface area contributed by atoms with Gasteiger partial charge in [-0.3, -0.25) is 4.90 Å². The van der Waals surface area contributed by atoms with Gasteiger partial charge in [0.2, 0.25) is 0 Å². The maximum atomic E-state index is 13.0. The monoisotopic (exact) mass is 417 g/mol. The van der Waals surface area contributed by atoms with Gasteiger partial charge in [0.25, 0.3) is 0 Å². The van der Waals surface area contributed by atoms with Crippen molar-refractivity contribution in [3.05, 3.63) is 70.7 Å². The topological polar surface area (TPSA) is 19.4 Å². The lowest BCUT2D eigenvalue weighted by molar-refractivity contribution is -0.137. The Morgan fingerprint density at radius 1 is 1.00 bits per heavy atom. The molecule has 0 N–H and O–H groups in total. The highest BCUT2D eigenvalue weighted by molar-refractivity contribution is 7.13. The molecule has 1 fully saturated rings. The fraction of sp³-hybridized carbons (Fsp3) is 0.318. The number of hydrogen-bond acceptors (Lipinski definition) is 4. The molecule has 3 aromatic rings. The zero-order valence-corrected chi connectivity index (χ0v) is 16.9. The Morgan fingerprint density at radius 3 is 2.48 bits per heavy atom. The minimum absolute atomic E-state index is 0.594. The molecule has 7 heteroatoms. The second-order valence-electron chi connectivity index (χ2n) is 7.32. The zero-order chi connectivity index (χ0) is 20.4. The van der Waals surface area contributed by atoms with Crippen molar-refractivity contribution < 1.29 is 13.2 Å². The molecule has 0 saturated carbocycles. The summed E-state index contributed by atoms with van der Waals surface area (Å²) in [6, 6.07) is 13.9. The van der Waals surface area contributed by atoms with Gasteiger partial charge in [-0.15, -0.1) is 11.3 Å². The molecule has 0 unspecified atom stereocenters. The number of benzene rings is 2. The molecule has 2 aromatic carbocycles. The first-order chi connectivity index (χ1) is 13.9. The molecule has 0 aliphatic carbocycles. The fourth-order valence-electron chi connectivity index (χ4n) is 3.56. The quantitative estimate of drug-likeness (QED) is 0.562. The van der Waals surface area contributed by atoms with Gasteiger partial charge in [0, 0.05) is 49.4 Å². The third kappa shape index (κ3) is 4.79. The summed E-state index contributed by atoms with van der Waals surface area (Å²) in [6.07, 6.45) is -4.31. The lowest BCUT2D eigenvalue weighted by Gasteiger charge is -2.36. The number of hydrogen-bond donors (Lipinski definition) is 0. The van der Waals surface area contributed by atoms with Gasteiger partial charge in [0.05, 0.1) is 11.3 Å². The first-order valence-corrected chi connectivity index (χ1v) is 10.4. The summed E-state index contributed by atoms with van der Waals surface area (Å²) in [6.45, 7) is 5.84. The Morgan fingerprint density at radius 2 is 1.76 bits per heavy atom. The Kier molecular flexibility index (Phi) is 5.61. The van der Waals surface area contributed by atoms with Crippen LogP contribution in [0.2, 0.25) is 0 Å². The van der Waals surface area contributed by atoms with E-state index in [0.717, 1.165) is 42.0 Å². The maximum Gasteiger partial charge on any atom is 0.416 e. The van der Waals surface area contributed by atoms with Gasteiger partial charge in [0.1, 0.15) is 5.01 Å². The van der Waals surface area contributed by atoms with Crippen LogP contribution in [0.5, 0.6) is 0 Å². The number of piperazine rings is 1. The van der Waals surface area contributed by atoms with E-state index in [4.69, 9.17) is 4.98 Å². The minimum Gasteiger partial charge on any atom is -0.369 e. The Balaban J connectivity index is 1.36. The molecule has 0 spiro atoms. The molecule has 0 radical (unpaired) electrons. The first kappa shape index (κ1) is 19.9. The van der Waals surface area contributed by atoms with Crippen molar-refractivity contribution in [2.75, 3.05) is 31.1 Å². The summed E-state index contributed by atoms with van der Waals surface area (Å²) < 4.78 is 38.9. The Hall–Kier alpha value is -2.38. The number of thiazole rings is 1. The second-order valence-corrected chi connectivity index (χ2v) is 8.18. The van der Waals surface area contributed by atoms with Gasteiger partial charge < -0.3 is 4.90 Å². The van der Waals surface area contributed by atoms with E-state index in [-0.39, 0.29) is 0 Å². The van der Waals surface area contributed by atoms with E-state index < -0.39 is 11.7 Å². The van der Waals surface area contributed by atoms with Crippen LogP contribution in [-0.2, 0) is 12.7 Å². The molecular weight excluding hydrogens is 395 g/mol. The molecule has 1 aliphatic rings. The molecular formula is C22H22F3N3S. The van der Waals surface area contributed by atoms with Gasteiger partial charge in [0.15, 0.2) is 0 Å². The van der Waals surface area contributed by atoms with Gasteiger partial charge in [-0.25, -0.2) is 4.98 Å². The summed E-state index contributed by atoms with van der Waals surface area (Å²) in [5.74, 6) is 0. The summed E-state index contributed by atoms with van der Waals surface area (Å²) in [5.41, 5.74) is 3.43.